The fraction of sp³-hybridized carbons (Fsp3) is 0.357. The van der Waals surface area contributed by atoms with E-state index < -0.39 is 0 Å². The van der Waals surface area contributed by atoms with Gasteiger partial charge in [-0.25, -0.2) is 4.98 Å². The summed E-state index contributed by atoms with van der Waals surface area (Å²) in [6, 6.07) is 8.16. The third kappa shape index (κ3) is 3.00. The Kier molecular flexibility index (Phi) is 4.55. The number of aromatic nitrogens is 1. The van der Waals surface area contributed by atoms with E-state index in [1.165, 1.54) is 5.39 Å². The average Bonchev–Trinajstić information content (AvgIpc) is 2.37. The summed E-state index contributed by atoms with van der Waals surface area (Å²) in [5.41, 5.74) is 0. The molecule has 1 heterocycles. The molecule has 1 aromatic carbocycles. The molecule has 1 aromatic heterocycles. The number of fused-ring (bicyclic) bond motifs is 1. The number of benzene rings is 1. The molecule has 3 nitrogen and oxygen atoms in total. The average molecular weight is 309 g/mol. The van der Waals surface area contributed by atoms with Gasteiger partial charge in [0.25, 0.3) is 0 Å². The second-order valence-corrected chi connectivity index (χ2v) is 5.29. The van der Waals surface area contributed by atoms with Gasteiger partial charge in [0, 0.05) is 35.1 Å². The number of pyridine rings is 1. The van der Waals surface area contributed by atoms with Gasteiger partial charge in [0.15, 0.2) is 0 Å². The first-order chi connectivity index (χ1) is 8.72. The molecule has 2 rings (SSSR count). The Morgan fingerprint density at radius 1 is 1.33 bits per heavy atom. The summed E-state index contributed by atoms with van der Waals surface area (Å²) in [6.07, 6.45) is 1.83. The highest BCUT2D eigenvalue weighted by atomic mass is 79.9. The summed E-state index contributed by atoms with van der Waals surface area (Å²) >= 11 is 3.56. The highest BCUT2D eigenvalue weighted by molar-refractivity contribution is 9.10. The summed E-state index contributed by atoms with van der Waals surface area (Å²) in [5.74, 6) is 1.39. The molecule has 1 N–H and O–H groups in total. The van der Waals surface area contributed by atoms with Crippen molar-refractivity contribution in [3.63, 3.8) is 0 Å². The number of nitrogens with one attached hydrogen (secondary N) is 1. The largest absolute Gasteiger partial charge is 0.384 e. The summed E-state index contributed by atoms with van der Waals surface area (Å²) in [5, 5.41) is 5.70. The lowest BCUT2D eigenvalue weighted by Crippen LogP contribution is -2.16. The van der Waals surface area contributed by atoms with E-state index in [0.717, 1.165) is 28.8 Å². The molecular formula is C14H17BrN2O. The lowest BCUT2D eigenvalue weighted by Gasteiger charge is -2.13. The van der Waals surface area contributed by atoms with Crippen LogP contribution < -0.4 is 5.32 Å². The third-order valence-electron chi connectivity index (χ3n) is 2.82. The van der Waals surface area contributed by atoms with Gasteiger partial charge in [-0.1, -0.05) is 35.0 Å². The summed E-state index contributed by atoms with van der Waals surface area (Å²) < 4.78 is 6.22. The third-order valence-corrected chi connectivity index (χ3v) is 3.51. The minimum absolute atomic E-state index is 0.458. The number of hydrogen-bond acceptors (Lipinski definition) is 3. The maximum atomic E-state index is 5.13. The van der Waals surface area contributed by atoms with Gasteiger partial charge in [0.1, 0.15) is 5.82 Å². The molecule has 0 aliphatic carbocycles. The van der Waals surface area contributed by atoms with Crippen LogP contribution in [-0.4, -0.2) is 25.2 Å². The highest BCUT2D eigenvalue weighted by Gasteiger charge is 2.06. The molecular weight excluding hydrogens is 292 g/mol. The Bertz CT molecular complexity index is 530. The van der Waals surface area contributed by atoms with Crippen LogP contribution in [0.15, 0.2) is 34.9 Å². The second kappa shape index (κ2) is 6.16. The van der Waals surface area contributed by atoms with Crippen molar-refractivity contribution < 1.29 is 4.74 Å². The predicted molar refractivity (Wildman–Crippen MR) is 79.0 cm³/mol. The van der Waals surface area contributed by atoms with Gasteiger partial charge in [-0.15, -0.1) is 0 Å². The van der Waals surface area contributed by atoms with E-state index in [9.17, 15) is 0 Å². The maximum Gasteiger partial charge on any atom is 0.133 e. The monoisotopic (exact) mass is 308 g/mol. The van der Waals surface area contributed by atoms with Crippen LogP contribution in [-0.2, 0) is 4.74 Å². The standard InChI is InChI=1S/C14H17BrN2O/c1-10(9-18-2)8-17-14-12-4-3-5-13(15)11(12)6-7-16-14/h3-7,10H,8-9H2,1-2H3,(H,16,17). The number of nitrogens with zero attached hydrogens (tertiary/aromatic N) is 1. The first kappa shape index (κ1) is 13.3. The highest BCUT2D eigenvalue weighted by Crippen LogP contribution is 2.27. The number of rotatable bonds is 5. The van der Waals surface area contributed by atoms with Gasteiger partial charge >= 0.3 is 0 Å². The van der Waals surface area contributed by atoms with E-state index in [1.807, 2.05) is 24.4 Å². The lowest BCUT2D eigenvalue weighted by molar-refractivity contribution is 0.164. The van der Waals surface area contributed by atoms with Crippen LogP contribution in [0, 0.1) is 5.92 Å². The fourth-order valence-corrected chi connectivity index (χ4v) is 2.42. The van der Waals surface area contributed by atoms with Crippen LogP contribution in [0.2, 0.25) is 0 Å². The van der Waals surface area contributed by atoms with Crippen LogP contribution in [0.1, 0.15) is 6.92 Å². The fourth-order valence-electron chi connectivity index (χ4n) is 1.92. The Labute approximate surface area is 116 Å². The van der Waals surface area contributed by atoms with Crippen LogP contribution in [0.5, 0.6) is 0 Å². The minimum Gasteiger partial charge on any atom is -0.384 e. The molecule has 0 bridgehead atoms. The molecule has 1 atom stereocenters. The van der Waals surface area contributed by atoms with Crippen molar-refractivity contribution in [3.8, 4) is 0 Å². The van der Waals surface area contributed by atoms with Gasteiger partial charge in [0.2, 0.25) is 0 Å². The van der Waals surface area contributed by atoms with Crippen LogP contribution in [0.4, 0.5) is 5.82 Å². The Hall–Kier alpha value is -1.13. The quantitative estimate of drug-likeness (QED) is 0.914. The first-order valence-corrected chi connectivity index (χ1v) is 6.77. The first-order valence-electron chi connectivity index (χ1n) is 5.98. The molecule has 0 saturated heterocycles. The van der Waals surface area contributed by atoms with Crippen molar-refractivity contribution in [1.29, 1.82) is 0 Å². The van der Waals surface area contributed by atoms with Gasteiger partial charge in [-0.05, 0) is 18.1 Å². The predicted octanol–water partition coefficient (Wildman–Crippen LogP) is 3.69. The molecule has 0 aliphatic rings. The number of anilines is 1. The molecule has 4 heteroatoms. The smallest absolute Gasteiger partial charge is 0.133 e. The Balaban J connectivity index is 2.21. The van der Waals surface area contributed by atoms with E-state index in [2.05, 4.69) is 39.2 Å². The van der Waals surface area contributed by atoms with Crippen LogP contribution in [0.25, 0.3) is 10.8 Å². The van der Waals surface area contributed by atoms with E-state index in [-0.39, 0.29) is 0 Å². The molecule has 2 aromatic rings. The molecule has 0 radical (unpaired) electrons. The van der Waals surface area contributed by atoms with Gasteiger partial charge in [-0.2, -0.15) is 0 Å². The van der Waals surface area contributed by atoms with Crippen molar-refractivity contribution >= 4 is 32.5 Å². The lowest BCUT2D eigenvalue weighted by atomic mass is 10.1. The van der Waals surface area contributed by atoms with Gasteiger partial charge in [-0.3, -0.25) is 0 Å². The van der Waals surface area contributed by atoms with Crippen molar-refractivity contribution in [3.05, 3.63) is 34.9 Å². The second-order valence-electron chi connectivity index (χ2n) is 4.44. The maximum absolute atomic E-state index is 5.13. The SMILES string of the molecule is COCC(C)CNc1nccc2c(Br)cccc12. The van der Waals surface area contributed by atoms with E-state index in [0.29, 0.717) is 5.92 Å². The normalized spacial score (nSPS) is 12.6. The molecule has 0 fully saturated rings. The van der Waals surface area contributed by atoms with E-state index >= 15 is 0 Å². The zero-order valence-electron chi connectivity index (χ0n) is 10.6. The van der Waals surface area contributed by atoms with Crippen molar-refractivity contribution in [2.75, 3.05) is 25.6 Å². The topological polar surface area (TPSA) is 34.1 Å². The van der Waals surface area contributed by atoms with Crippen LogP contribution >= 0.6 is 15.9 Å². The van der Waals surface area contributed by atoms with Crippen LogP contribution in [0.3, 0.4) is 0 Å². The molecule has 96 valence electrons. The minimum atomic E-state index is 0.458. The molecule has 0 saturated carbocycles. The molecule has 0 spiro atoms. The molecule has 18 heavy (non-hydrogen) atoms. The van der Waals surface area contributed by atoms with E-state index in [1.54, 1.807) is 7.11 Å². The molecule has 0 amide bonds. The van der Waals surface area contributed by atoms with Crippen molar-refractivity contribution in [2.45, 2.75) is 6.92 Å². The number of hydrogen-bond donors (Lipinski definition) is 1. The Morgan fingerprint density at radius 3 is 2.94 bits per heavy atom. The number of ether oxygens (including phenoxy) is 1. The van der Waals surface area contributed by atoms with Crippen molar-refractivity contribution in [1.82, 2.24) is 4.98 Å². The zero-order chi connectivity index (χ0) is 13.0. The Morgan fingerprint density at radius 2 is 2.17 bits per heavy atom. The van der Waals surface area contributed by atoms with Gasteiger partial charge < -0.3 is 10.1 Å². The van der Waals surface area contributed by atoms with Crippen molar-refractivity contribution in [2.24, 2.45) is 5.92 Å². The molecule has 0 aliphatic heterocycles. The summed E-state index contributed by atoms with van der Waals surface area (Å²) in [4.78, 5) is 4.41. The van der Waals surface area contributed by atoms with Gasteiger partial charge in [0.05, 0.1) is 6.61 Å². The summed E-state index contributed by atoms with van der Waals surface area (Å²) in [7, 11) is 1.73. The number of methoxy groups -OCH3 is 1. The summed E-state index contributed by atoms with van der Waals surface area (Å²) in [6.45, 7) is 3.76. The number of halogens is 1. The van der Waals surface area contributed by atoms with E-state index in [4.69, 9.17) is 4.74 Å². The zero-order valence-corrected chi connectivity index (χ0v) is 12.2. The molecule has 1 unspecified atom stereocenters.